The van der Waals surface area contributed by atoms with Gasteiger partial charge in [0.1, 0.15) is 0 Å². The van der Waals surface area contributed by atoms with Crippen molar-refractivity contribution in [3.63, 3.8) is 0 Å². The van der Waals surface area contributed by atoms with Crippen molar-refractivity contribution in [2.45, 2.75) is 44.2 Å². The zero-order valence-electron chi connectivity index (χ0n) is 11.9. The van der Waals surface area contributed by atoms with Gasteiger partial charge in [0.15, 0.2) is 0 Å². The van der Waals surface area contributed by atoms with Crippen LogP contribution in [0.25, 0.3) is 0 Å². The molecule has 0 saturated heterocycles. The van der Waals surface area contributed by atoms with Crippen LogP contribution >= 0.6 is 0 Å². The van der Waals surface area contributed by atoms with E-state index in [4.69, 9.17) is 0 Å². The van der Waals surface area contributed by atoms with Crippen LogP contribution in [0.15, 0.2) is 12.4 Å². The maximum absolute atomic E-state index is 4.20. The van der Waals surface area contributed by atoms with Crippen LogP contribution < -0.4 is 5.32 Å². The molecular formula is C14H26N4. The Morgan fingerprint density at radius 1 is 1.33 bits per heavy atom. The van der Waals surface area contributed by atoms with Gasteiger partial charge in [0.05, 0.1) is 6.20 Å². The summed E-state index contributed by atoms with van der Waals surface area (Å²) in [5, 5.41) is 7.81. The average Bonchev–Trinajstić information content (AvgIpc) is 2.76. The van der Waals surface area contributed by atoms with E-state index in [1.165, 1.54) is 37.7 Å². The first kappa shape index (κ1) is 13.6. The maximum atomic E-state index is 4.20. The molecule has 1 aromatic rings. The fourth-order valence-corrected chi connectivity index (χ4v) is 2.99. The van der Waals surface area contributed by atoms with E-state index in [2.05, 4.69) is 35.6 Å². The highest BCUT2D eigenvalue weighted by atomic mass is 15.2. The van der Waals surface area contributed by atoms with Crippen LogP contribution in [0.4, 0.5) is 0 Å². The van der Waals surface area contributed by atoms with Crippen molar-refractivity contribution < 1.29 is 0 Å². The molecule has 0 aromatic carbocycles. The lowest BCUT2D eigenvalue weighted by Gasteiger charge is -2.43. The lowest BCUT2D eigenvalue weighted by Crippen LogP contribution is -2.52. The van der Waals surface area contributed by atoms with Crippen LogP contribution in [0, 0.1) is 0 Å². The van der Waals surface area contributed by atoms with Crippen molar-refractivity contribution >= 4 is 0 Å². The first-order chi connectivity index (χ1) is 8.62. The van der Waals surface area contributed by atoms with Crippen LogP contribution in [0.2, 0.25) is 0 Å². The van der Waals surface area contributed by atoms with Gasteiger partial charge < -0.3 is 10.2 Å². The van der Waals surface area contributed by atoms with Crippen molar-refractivity contribution in [1.29, 1.82) is 0 Å². The Balaban J connectivity index is 1.86. The molecule has 0 spiro atoms. The quantitative estimate of drug-likeness (QED) is 0.864. The number of hydrogen-bond acceptors (Lipinski definition) is 3. The fourth-order valence-electron chi connectivity index (χ4n) is 2.99. The van der Waals surface area contributed by atoms with Crippen molar-refractivity contribution in [3.8, 4) is 0 Å². The topological polar surface area (TPSA) is 33.1 Å². The number of hydrogen-bond donors (Lipinski definition) is 1. The number of aromatic nitrogens is 2. The number of nitrogens with one attached hydrogen (secondary N) is 1. The molecule has 0 atom stereocenters. The zero-order chi connectivity index (χ0) is 13.0. The molecular weight excluding hydrogens is 224 g/mol. The average molecular weight is 250 g/mol. The molecule has 0 bridgehead atoms. The molecule has 1 fully saturated rings. The first-order valence-electron chi connectivity index (χ1n) is 6.98. The number of rotatable bonds is 5. The summed E-state index contributed by atoms with van der Waals surface area (Å²) in [5.41, 5.74) is 1.63. The molecule has 1 aliphatic carbocycles. The van der Waals surface area contributed by atoms with Gasteiger partial charge >= 0.3 is 0 Å². The molecule has 102 valence electrons. The molecule has 2 rings (SSSR count). The largest absolute Gasteiger partial charge is 0.311 e. The Kier molecular flexibility index (Phi) is 4.40. The summed E-state index contributed by atoms with van der Waals surface area (Å²) in [4.78, 5) is 2.42. The van der Waals surface area contributed by atoms with E-state index in [0.717, 1.165) is 13.1 Å². The van der Waals surface area contributed by atoms with Crippen molar-refractivity contribution in [2.75, 3.05) is 20.6 Å². The van der Waals surface area contributed by atoms with Gasteiger partial charge in [-0.25, -0.2) is 0 Å². The summed E-state index contributed by atoms with van der Waals surface area (Å²) in [7, 11) is 6.40. The third kappa shape index (κ3) is 3.12. The van der Waals surface area contributed by atoms with Crippen LogP contribution in [-0.2, 0) is 13.6 Å². The summed E-state index contributed by atoms with van der Waals surface area (Å²) in [6.45, 7) is 2.00. The molecule has 0 unspecified atom stereocenters. The smallest absolute Gasteiger partial charge is 0.0534 e. The Morgan fingerprint density at radius 3 is 2.61 bits per heavy atom. The second-order valence-corrected chi connectivity index (χ2v) is 5.81. The van der Waals surface area contributed by atoms with Gasteiger partial charge in [0.2, 0.25) is 0 Å². The minimum absolute atomic E-state index is 0.362. The van der Waals surface area contributed by atoms with Crippen LogP contribution in [0.3, 0.4) is 0 Å². The second kappa shape index (κ2) is 5.85. The molecule has 0 amide bonds. The Bertz CT molecular complexity index is 364. The number of likely N-dealkylation sites (N-methyl/N-ethyl adjacent to an activating group) is 1. The van der Waals surface area contributed by atoms with Gasteiger partial charge in [-0.15, -0.1) is 0 Å². The van der Waals surface area contributed by atoms with Gasteiger partial charge in [-0.05, 0) is 26.9 Å². The normalized spacial score (nSPS) is 19.3. The SMILES string of the molecule is CN(C)C1(CNCc2cnn(C)c2)CCCCC1. The first-order valence-corrected chi connectivity index (χ1v) is 6.98. The molecule has 0 aliphatic heterocycles. The summed E-state index contributed by atoms with van der Waals surface area (Å²) in [5.74, 6) is 0. The lowest BCUT2D eigenvalue weighted by molar-refractivity contribution is 0.0984. The van der Waals surface area contributed by atoms with E-state index in [0.29, 0.717) is 5.54 Å². The van der Waals surface area contributed by atoms with Crippen molar-refractivity contribution in [3.05, 3.63) is 18.0 Å². The molecule has 4 nitrogen and oxygen atoms in total. The summed E-state index contributed by atoms with van der Waals surface area (Å²) in [6.07, 6.45) is 10.8. The Morgan fingerprint density at radius 2 is 2.06 bits per heavy atom. The summed E-state index contributed by atoms with van der Waals surface area (Å²) >= 11 is 0. The standard InChI is InChI=1S/C14H26N4/c1-17(2)14(7-5-4-6-8-14)12-15-9-13-10-16-18(3)11-13/h10-11,15H,4-9,12H2,1-3H3. The van der Waals surface area contributed by atoms with Crippen molar-refractivity contribution in [2.24, 2.45) is 7.05 Å². The number of aryl methyl sites for hydroxylation is 1. The lowest BCUT2D eigenvalue weighted by atomic mass is 9.80. The molecule has 1 aliphatic rings. The fraction of sp³-hybridized carbons (Fsp3) is 0.786. The highest BCUT2D eigenvalue weighted by Crippen LogP contribution is 2.31. The third-order valence-electron chi connectivity index (χ3n) is 4.27. The third-order valence-corrected chi connectivity index (χ3v) is 4.27. The predicted molar refractivity (Wildman–Crippen MR) is 74.4 cm³/mol. The molecule has 1 saturated carbocycles. The molecule has 18 heavy (non-hydrogen) atoms. The minimum Gasteiger partial charge on any atom is -0.311 e. The van der Waals surface area contributed by atoms with E-state index >= 15 is 0 Å². The van der Waals surface area contributed by atoms with Gasteiger partial charge in [-0.3, -0.25) is 4.68 Å². The predicted octanol–water partition coefficient (Wildman–Crippen LogP) is 1.77. The highest BCUT2D eigenvalue weighted by molar-refractivity contribution is 5.03. The van der Waals surface area contributed by atoms with Crippen LogP contribution in [-0.4, -0.2) is 40.9 Å². The minimum atomic E-state index is 0.362. The molecule has 1 aromatic heterocycles. The molecule has 4 heteroatoms. The summed E-state index contributed by atoms with van der Waals surface area (Å²) in [6, 6.07) is 0. The monoisotopic (exact) mass is 250 g/mol. The van der Waals surface area contributed by atoms with Gasteiger partial charge in [0.25, 0.3) is 0 Å². The Hall–Kier alpha value is -0.870. The zero-order valence-corrected chi connectivity index (χ0v) is 11.9. The van der Waals surface area contributed by atoms with Gasteiger partial charge in [-0.2, -0.15) is 5.10 Å². The highest BCUT2D eigenvalue weighted by Gasteiger charge is 2.33. The Labute approximate surface area is 110 Å². The second-order valence-electron chi connectivity index (χ2n) is 5.81. The number of nitrogens with zero attached hydrogens (tertiary/aromatic N) is 3. The van der Waals surface area contributed by atoms with Crippen LogP contribution in [0.5, 0.6) is 0 Å². The van der Waals surface area contributed by atoms with E-state index in [9.17, 15) is 0 Å². The summed E-state index contributed by atoms with van der Waals surface area (Å²) < 4.78 is 1.86. The van der Waals surface area contributed by atoms with E-state index in [-0.39, 0.29) is 0 Å². The van der Waals surface area contributed by atoms with E-state index in [1.54, 1.807) is 0 Å². The molecule has 1 N–H and O–H groups in total. The van der Waals surface area contributed by atoms with Gasteiger partial charge in [0, 0.05) is 37.4 Å². The maximum Gasteiger partial charge on any atom is 0.0534 e. The van der Waals surface area contributed by atoms with Gasteiger partial charge in [-0.1, -0.05) is 19.3 Å². The molecule has 1 heterocycles. The van der Waals surface area contributed by atoms with Crippen molar-refractivity contribution in [1.82, 2.24) is 20.0 Å². The van der Waals surface area contributed by atoms with E-state index < -0.39 is 0 Å². The molecule has 0 radical (unpaired) electrons. The van der Waals surface area contributed by atoms with E-state index in [1.807, 2.05) is 17.9 Å². The van der Waals surface area contributed by atoms with Crippen LogP contribution in [0.1, 0.15) is 37.7 Å².